The van der Waals surface area contributed by atoms with E-state index in [-0.39, 0.29) is 5.91 Å². The number of aromatic nitrogens is 1. The number of fused-ring (bicyclic) bond motifs is 2. The van der Waals surface area contributed by atoms with E-state index in [2.05, 4.69) is 26.9 Å². The van der Waals surface area contributed by atoms with E-state index in [1.807, 2.05) is 18.2 Å². The third kappa shape index (κ3) is 4.41. The Morgan fingerprint density at radius 3 is 2.53 bits per heavy atom. The quantitative estimate of drug-likeness (QED) is 0.483. The molecule has 2 N–H and O–H groups in total. The third-order valence-electron chi connectivity index (χ3n) is 7.65. The zero-order valence-electron chi connectivity index (χ0n) is 21.3. The van der Waals surface area contributed by atoms with Gasteiger partial charge in [0.05, 0.1) is 19.9 Å². The molecule has 8 heteroatoms. The zero-order valence-corrected chi connectivity index (χ0v) is 21.3. The van der Waals surface area contributed by atoms with Gasteiger partial charge >= 0.3 is 0 Å². The summed E-state index contributed by atoms with van der Waals surface area (Å²) in [5.41, 5.74) is 11.7. The highest BCUT2D eigenvalue weighted by molar-refractivity contribution is 6.07. The van der Waals surface area contributed by atoms with Crippen LogP contribution in [0.4, 0.5) is 0 Å². The second-order valence-corrected chi connectivity index (χ2v) is 9.52. The number of carbonyl (C=O) groups excluding carboxylic acids is 1. The number of ether oxygens (including phenoxy) is 2. The number of hydrogen-bond donors (Lipinski definition) is 1. The Bertz CT molecular complexity index is 1300. The smallest absolute Gasteiger partial charge is 0.248 e. The number of likely N-dealkylation sites (tertiary alicyclic amines) is 1. The van der Waals surface area contributed by atoms with Gasteiger partial charge in [-0.2, -0.15) is 0 Å². The first-order valence-corrected chi connectivity index (χ1v) is 12.5. The molecule has 2 aliphatic rings. The summed E-state index contributed by atoms with van der Waals surface area (Å²) in [5, 5.41) is 5.39. The highest BCUT2D eigenvalue weighted by Gasteiger charge is 2.29. The second-order valence-electron chi connectivity index (χ2n) is 9.52. The Hall–Kier alpha value is -3.52. The molecule has 8 nitrogen and oxygen atoms in total. The van der Waals surface area contributed by atoms with Crippen LogP contribution in [0.1, 0.15) is 52.4 Å². The van der Waals surface area contributed by atoms with E-state index in [0.717, 1.165) is 85.4 Å². The van der Waals surface area contributed by atoms with Gasteiger partial charge in [-0.25, -0.2) is 0 Å². The minimum Gasteiger partial charge on any atom is -0.496 e. The Labute approximate surface area is 211 Å². The SMILES string of the molecule is CON=C1CCc2c(CCN3CCC(n4ccc5ccc(C(N)=O)cc54)CC3)c(OC)cc(OC)c21. The largest absolute Gasteiger partial charge is 0.496 e. The molecule has 0 atom stereocenters. The Balaban J connectivity index is 1.29. The molecule has 0 spiro atoms. The first-order valence-electron chi connectivity index (χ1n) is 12.5. The van der Waals surface area contributed by atoms with Crippen LogP contribution in [0.15, 0.2) is 41.7 Å². The number of oxime groups is 1. The van der Waals surface area contributed by atoms with E-state index < -0.39 is 0 Å². The normalized spacial score (nSPS) is 17.5. The van der Waals surface area contributed by atoms with Crippen molar-refractivity contribution in [2.45, 2.75) is 38.1 Å². The number of primary amides is 1. The number of piperidine rings is 1. The van der Waals surface area contributed by atoms with Crippen molar-refractivity contribution in [3.63, 3.8) is 0 Å². The van der Waals surface area contributed by atoms with Gasteiger partial charge in [-0.05, 0) is 66.8 Å². The molecule has 2 aromatic carbocycles. The Morgan fingerprint density at radius 2 is 1.83 bits per heavy atom. The van der Waals surface area contributed by atoms with Gasteiger partial charge in [0.15, 0.2) is 0 Å². The first-order chi connectivity index (χ1) is 17.5. The predicted molar refractivity (Wildman–Crippen MR) is 140 cm³/mol. The molecule has 0 radical (unpaired) electrons. The van der Waals surface area contributed by atoms with E-state index in [1.54, 1.807) is 27.4 Å². The summed E-state index contributed by atoms with van der Waals surface area (Å²) in [6.45, 7) is 3.02. The lowest BCUT2D eigenvalue weighted by molar-refractivity contribution is 0.100. The molecule has 0 unspecified atom stereocenters. The molecule has 5 rings (SSSR count). The summed E-state index contributed by atoms with van der Waals surface area (Å²) < 4.78 is 13.8. The van der Waals surface area contributed by atoms with E-state index in [9.17, 15) is 4.79 Å². The van der Waals surface area contributed by atoms with Crippen molar-refractivity contribution in [3.8, 4) is 11.5 Å². The van der Waals surface area contributed by atoms with Gasteiger partial charge in [0.2, 0.25) is 5.91 Å². The van der Waals surface area contributed by atoms with E-state index in [4.69, 9.17) is 20.0 Å². The Kier molecular flexibility index (Phi) is 6.87. The van der Waals surface area contributed by atoms with Crippen molar-refractivity contribution >= 4 is 22.5 Å². The maximum atomic E-state index is 11.7. The molecule has 1 saturated heterocycles. The Morgan fingerprint density at radius 1 is 1.06 bits per heavy atom. The number of nitrogens with zero attached hydrogens (tertiary/aromatic N) is 3. The average molecular weight is 491 g/mol. The van der Waals surface area contributed by atoms with Crippen molar-refractivity contribution in [1.29, 1.82) is 0 Å². The third-order valence-corrected chi connectivity index (χ3v) is 7.65. The van der Waals surface area contributed by atoms with Crippen LogP contribution in [-0.2, 0) is 17.7 Å². The number of methoxy groups -OCH3 is 2. The number of amides is 1. The molecule has 1 aliphatic heterocycles. The lowest BCUT2D eigenvalue weighted by Crippen LogP contribution is -2.36. The summed E-state index contributed by atoms with van der Waals surface area (Å²) in [5.74, 6) is 1.28. The van der Waals surface area contributed by atoms with Crippen LogP contribution in [-0.4, -0.2) is 62.0 Å². The van der Waals surface area contributed by atoms with Crippen molar-refractivity contribution in [2.24, 2.45) is 10.9 Å². The number of carbonyl (C=O) groups is 1. The van der Waals surface area contributed by atoms with Crippen LogP contribution in [0.25, 0.3) is 10.9 Å². The van der Waals surface area contributed by atoms with Crippen LogP contribution in [0, 0.1) is 0 Å². The summed E-state index contributed by atoms with van der Waals surface area (Å²) in [7, 11) is 4.99. The van der Waals surface area contributed by atoms with Gasteiger partial charge in [0.25, 0.3) is 0 Å². The number of benzene rings is 2. The standard InChI is InChI=1S/C28H34N4O4/c1-34-25-17-26(35-2)27-22(6-7-23(27)30-36-3)21(25)11-14-31-12-9-20(10-13-31)32-15-8-18-4-5-19(28(29)33)16-24(18)32/h4-5,8,15-17,20H,6-7,9-14H2,1-3H3,(H2,29,33). The van der Waals surface area contributed by atoms with Gasteiger partial charge in [-0.1, -0.05) is 11.2 Å². The van der Waals surface area contributed by atoms with Crippen LogP contribution >= 0.6 is 0 Å². The summed E-state index contributed by atoms with van der Waals surface area (Å²) >= 11 is 0. The maximum Gasteiger partial charge on any atom is 0.248 e. The molecule has 1 aromatic heterocycles. The molecular weight excluding hydrogens is 456 g/mol. The molecular formula is C28H34N4O4. The highest BCUT2D eigenvalue weighted by Crippen LogP contribution is 2.40. The molecule has 1 amide bonds. The van der Waals surface area contributed by atoms with Crippen molar-refractivity contribution in [3.05, 3.63) is 58.8 Å². The van der Waals surface area contributed by atoms with Gasteiger partial charge in [-0.3, -0.25) is 4.79 Å². The number of hydrogen-bond acceptors (Lipinski definition) is 6. The monoisotopic (exact) mass is 490 g/mol. The van der Waals surface area contributed by atoms with Crippen molar-refractivity contribution in [1.82, 2.24) is 9.47 Å². The molecule has 0 saturated carbocycles. The van der Waals surface area contributed by atoms with E-state index in [0.29, 0.717) is 11.6 Å². The zero-order chi connectivity index (χ0) is 25.2. The number of nitrogens with two attached hydrogens (primary N) is 1. The highest BCUT2D eigenvalue weighted by atomic mass is 16.6. The number of rotatable bonds is 8. The van der Waals surface area contributed by atoms with Crippen LogP contribution in [0.2, 0.25) is 0 Å². The minimum atomic E-state index is -0.388. The molecule has 190 valence electrons. The van der Waals surface area contributed by atoms with Crippen LogP contribution in [0.5, 0.6) is 11.5 Å². The van der Waals surface area contributed by atoms with Crippen molar-refractivity contribution < 1.29 is 19.1 Å². The fourth-order valence-electron chi connectivity index (χ4n) is 5.82. The van der Waals surface area contributed by atoms with Crippen LogP contribution < -0.4 is 15.2 Å². The van der Waals surface area contributed by atoms with Gasteiger partial charge in [0.1, 0.15) is 18.6 Å². The molecule has 0 bridgehead atoms. The summed E-state index contributed by atoms with van der Waals surface area (Å²) in [6, 6.07) is 10.2. The fraction of sp³-hybridized carbons (Fsp3) is 0.429. The lowest BCUT2D eigenvalue weighted by atomic mass is 9.97. The molecule has 2 heterocycles. The molecule has 36 heavy (non-hydrogen) atoms. The molecule has 3 aromatic rings. The summed E-state index contributed by atoms with van der Waals surface area (Å²) in [6.07, 6.45) is 6.93. The first kappa shape index (κ1) is 24.2. The van der Waals surface area contributed by atoms with Gasteiger partial charge in [-0.15, -0.1) is 0 Å². The van der Waals surface area contributed by atoms with Gasteiger partial charge in [0, 0.05) is 54.6 Å². The van der Waals surface area contributed by atoms with E-state index >= 15 is 0 Å². The van der Waals surface area contributed by atoms with Gasteiger partial charge < -0.3 is 29.5 Å². The van der Waals surface area contributed by atoms with Crippen molar-refractivity contribution in [2.75, 3.05) is 41.0 Å². The lowest BCUT2D eigenvalue weighted by Gasteiger charge is -2.33. The predicted octanol–water partition coefficient (Wildman–Crippen LogP) is 3.93. The fourth-order valence-corrected chi connectivity index (χ4v) is 5.82. The maximum absolute atomic E-state index is 11.7. The van der Waals surface area contributed by atoms with E-state index in [1.165, 1.54) is 11.1 Å². The second kappa shape index (κ2) is 10.2. The molecule has 1 fully saturated rings. The summed E-state index contributed by atoms with van der Waals surface area (Å²) in [4.78, 5) is 19.3. The van der Waals surface area contributed by atoms with Crippen LogP contribution in [0.3, 0.4) is 0 Å². The minimum absolute atomic E-state index is 0.388. The topological polar surface area (TPSA) is 91.3 Å². The average Bonchev–Trinajstić information content (AvgIpc) is 3.52. The molecule has 1 aliphatic carbocycles.